The Morgan fingerprint density at radius 1 is 1.23 bits per heavy atom. The Hall–Kier alpha value is -1.54. The molecule has 120 valence electrons. The Labute approximate surface area is 129 Å². The van der Waals surface area contributed by atoms with Gasteiger partial charge in [0, 0.05) is 0 Å². The summed E-state index contributed by atoms with van der Waals surface area (Å²) < 4.78 is 17.6. The number of nitrogens with zero attached hydrogens (tertiary/aromatic N) is 1. The highest BCUT2D eigenvalue weighted by Crippen LogP contribution is 2.46. The summed E-state index contributed by atoms with van der Waals surface area (Å²) in [6.45, 7) is 9.69. The molecule has 2 heterocycles. The first-order valence-electron chi connectivity index (χ1n) is 7.41. The lowest BCUT2D eigenvalue weighted by atomic mass is 9.75. The first-order valence-corrected chi connectivity index (χ1v) is 7.41. The average Bonchev–Trinajstić information content (AvgIpc) is 2.94. The van der Waals surface area contributed by atoms with Gasteiger partial charge in [0.2, 0.25) is 0 Å². The minimum Gasteiger partial charge on any atom is -0.465 e. The van der Waals surface area contributed by atoms with E-state index in [1.807, 2.05) is 34.6 Å². The van der Waals surface area contributed by atoms with E-state index in [1.165, 1.54) is 0 Å². The maximum atomic E-state index is 11.0. The number of aryl methyl sites for hydroxylation is 1. The maximum Gasteiger partial charge on any atom is 0.500 e. The molecule has 1 saturated carbocycles. The van der Waals surface area contributed by atoms with Gasteiger partial charge in [0.25, 0.3) is 0 Å². The van der Waals surface area contributed by atoms with E-state index < -0.39 is 30.0 Å². The fourth-order valence-electron chi connectivity index (χ4n) is 2.70. The van der Waals surface area contributed by atoms with Gasteiger partial charge in [-0.1, -0.05) is 5.16 Å². The van der Waals surface area contributed by atoms with E-state index in [9.17, 15) is 4.79 Å². The predicted molar refractivity (Wildman–Crippen MR) is 79.0 cm³/mol. The standard InChI is InChI=1S/C14H21BN2O5/c1-8-9(15-21-12(2,3)13(4,5)22-15)10(20-17-8)14(6-7-14)16-11(18)19/h16H,6-7H2,1-5H3,(H,18,19). The van der Waals surface area contributed by atoms with Crippen molar-refractivity contribution in [2.75, 3.05) is 0 Å². The number of aromatic nitrogens is 1. The molecule has 2 aliphatic rings. The Balaban J connectivity index is 1.97. The fraction of sp³-hybridized carbons (Fsp3) is 0.714. The summed E-state index contributed by atoms with van der Waals surface area (Å²) in [5, 5.41) is 15.6. The molecule has 8 heteroatoms. The van der Waals surface area contributed by atoms with Crippen LogP contribution in [0.3, 0.4) is 0 Å². The molecule has 1 amide bonds. The van der Waals surface area contributed by atoms with Crippen LogP contribution in [0.15, 0.2) is 4.52 Å². The predicted octanol–water partition coefficient (Wildman–Crippen LogP) is 1.54. The van der Waals surface area contributed by atoms with E-state index in [-0.39, 0.29) is 0 Å². The van der Waals surface area contributed by atoms with Crippen LogP contribution in [0.4, 0.5) is 4.79 Å². The molecule has 0 bridgehead atoms. The third-order valence-corrected chi connectivity index (χ3v) is 4.93. The fourth-order valence-corrected chi connectivity index (χ4v) is 2.70. The van der Waals surface area contributed by atoms with Crippen LogP contribution in [0.25, 0.3) is 0 Å². The molecule has 3 rings (SSSR count). The summed E-state index contributed by atoms with van der Waals surface area (Å²) in [7, 11) is -0.612. The van der Waals surface area contributed by atoms with E-state index >= 15 is 0 Å². The molecule has 0 spiro atoms. The molecule has 0 unspecified atom stereocenters. The highest BCUT2D eigenvalue weighted by molar-refractivity contribution is 6.63. The molecule has 22 heavy (non-hydrogen) atoms. The van der Waals surface area contributed by atoms with Gasteiger partial charge < -0.3 is 24.3 Å². The number of carboxylic acid groups (broad SMARTS) is 1. The van der Waals surface area contributed by atoms with E-state index in [4.69, 9.17) is 18.9 Å². The van der Waals surface area contributed by atoms with Crippen molar-refractivity contribution in [1.82, 2.24) is 10.5 Å². The van der Waals surface area contributed by atoms with Crippen LogP contribution in [-0.2, 0) is 14.8 Å². The van der Waals surface area contributed by atoms with Gasteiger partial charge in [-0.2, -0.15) is 0 Å². The SMILES string of the molecule is Cc1noc(C2(NC(=O)O)CC2)c1B1OC(C)(C)C(C)(C)O1. The van der Waals surface area contributed by atoms with Crippen molar-refractivity contribution in [3.63, 3.8) is 0 Å². The van der Waals surface area contributed by atoms with Crippen LogP contribution in [-0.4, -0.2) is 34.7 Å². The molecule has 0 radical (unpaired) electrons. The largest absolute Gasteiger partial charge is 0.500 e. The second-order valence-electron chi connectivity index (χ2n) is 7.11. The Bertz CT molecular complexity index is 605. The lowest BCUT2D eigenvalue weighted by Crippen LogP contribution is -2.43. The second-order valence-corrected chi connectivity index (χ2v) is 7.11. The highest BCUT2D eigenvalue weighted by Gasteiger charge is 2.58. The zero-order valence-corrected chi connectivity index (χ0v) is 13.5. The topological polar surface area (TPSA) is 93.8 Å². The van der Waals surface area contributed by atoms with Gasteiger partial charge in [0.15, 0.2) is 5.76 Å². The van der Waals surface area contributed by atoms with Crippen LogP contribution in [0.2, 0.25) is 0 Å². The van der Waals surface area contributed by atoms with Crippen LogP contribution >= 0.6 is 0 Å². The Morgan fingerprint density at radius 3 is 2.23 bits per heavy atom. The van der Waals surface area contributed by atoms with E-state index in [0.29, 0.717) is 29.8 Å². The second kappa shape index (κ2) is 4.49. The molecular formula is C14H21BN2O5. The average molecular weight is 308 g/mol. The summed E-state index contributed by atoms with van der Waals surface area (Å²) in [6.07, 6.45) is 0.285. The summed E-state index contributed by atoms with van der Waals surface area (Å²) >= 11 is 0. The molecule has 1 aromatic rings. The van der Waals surface area contributed by atoms with Crippen molar-refractivity contribution in [3.05, 3.63) is 11.5 Å². The van der Waals surface area contributed by atoms with Crippen LogP contribution < -0.4 is 10.8 Å². The van der Waals surface area contributed by atoms with E-state index in [2.05, 4.69) is 10.5 Å². The van der Waals surface area contributed by atoms with Crippen molar-refractivity contribution in [2.45, 2.75) is 64.2 Å². The van der Waals surface area contributed by atoms with Crippen molar-refractivity contribution in [1.29, 1.82) is 0 Å². The van der Waals surface area contributed by atoms with Gasteiger partial charge in [0.1, 0.15) is 5.54 Å². The minimum atomic E-state index is -1.08. The molecule has 1 aromatic heterocycles. The molecule has 1 aliphatic heterocycles. The highest BCUT2D eigenvalue weighted by atomic mass is 16.7. The lowest BCUT2D eigenvalue weighted by Gasteiger charge is -2.32. The third kappa shape index (κ3) is 2.21. The van der Waals surface area contributed by atoms with Gasteiger partial charge in [-0.05, 0) is 47.5 Å². The Morgan fingerprint density at radius 2 is 1.77 bits per heavy atom. The quantitative estimate of drug-likeness (QED) is 0.823. The van der Waals surface area contributed by atoms with Crippen molar-refractivity contribution >= 4 is 18.7 Å². The smallest absolute Gasteiger partial charge is 0.465 e. The van der Waals surface area contributed by atoms with E-state index in [1.54, 1.807) is 0 Å². The van der Waals surface area contributed by atoms with Crippen LogP contribution in [0.5, 0.6) is 0 Å². The molecule has 1 saturated heterocycles. The number of nitrogens with one attached hydrogen (secondary N) is 1. The Kier molecular flexibility index (Phi) is 3.13. The third-order valence-electron chi connectivity index (χ3n) is 4.93. The summed E-state index contributed by atoms with van der Waals surface area (Å²) in [6, 6.07) is 0. The molecule has 2 fully saturated rings. The molecule has 0 aromatic carbocycles. The lowest BCUT2D eigenvalue weighted by molar-refractivity contribution is 0.00578. The number of hydrogen-bond donors (Lipinski definition) is 2. The van der Waals surface area contributed by atoms with Crippen molar-refractivity contribution < 1.29 is 23.7 Å². The first-order chi connectivity index (χ1) is 10.1. The number of rotatable bonds is 3. The molecular weight excluding hydrogens is 287 g/mol. The summed E-state index contributed by atoms with van der Waals surface area (Å²) in [5.41, 5.74) is -0.297. The molecule has 1 aliphatic carbocycles. The van der Waals surface area contributed by atoms with Crippen molar-refractivity contribution in [3.8, 4) is 0 Å². The van der Waals surface area contributed by atoms with Gasteiger partial charge in [-0.3, -0.25) is 0 Å². The van der Waals surface area contributed by atoms with Crippen molar-refractivity contribution in [2.24, 2.45) is 0 Å². The van der Waals surface area contributed by atoms with Gasteiger partial charge in [-0.25, -0.2) is 4.79 Å². The molecule has 7 nitrogen and oxygen atoms in total. The number of hydrogen-bond acceptors (Lipinski definition) is 5. The van der Waals surface area contributed by atoms with Gasteiger partial charge >= 0.3 is 13.2 Å². The zero-order chi connectivity index (χ0) is 16.3. The minimum absolute atomic E-state index is 0.477. The van der Waals surface area contributed by atoms with Gasteiger partial charge in [0.05, 0.1) is 22.4 Å². The molecule has 2 N–H and O–H groups in total. The monoisotopic (exact) mass is 308 g/mol. The first kappa shape index (κ1) is 15.4. The summed E-state index contributed by atoms with van der Waals surface area (Å²) in [5.74, 6) is 0.505. The van der Waals surface area contributed by atoms with Crippen LogP contribution in [0, 0.1) is 6.92 Å². The van der Waals surface area contributed by atoms with E-state index in [0.717, 1.165) is 0 Å². The van der Waals surface area contributed by atoms with Crippen LogP contribution in [0.1, 0.15) is 52.0 Å². The summed E-state index contributed by atoms with van der Waals surface area (Å²) in [4.78, 5) is 11.0. The number of amides is 1. The number of carbonyl (C=O) groups is 1. The zero-order valence-electron chi connectivity index (χ0n) is 13.5. The maximum absolute atomic E-state index is 11.0. The normalized spacial score (nSPS) is 24.3. The van der Waals surface area contributed by atoms with Gasteiger partial charge in [-0.15, -0.1) is 0 Å². The molecule has 0 atom stereocenters.